The van der Waals surface area contributed by atoms with E-state index in [-0.39, 0.29) is 12.5 Å². The highest BCUT2D eigenvalue weighted by Gasteiger charge is 2.24. The van der Waals surface area contributed by atoms with E-state index >= 15 is 0 Å². The predicted molar refractivity (Wildman–Crippen MR) is 61.2 cm³/mol. The minimum Gasteiger partial charge on any atom is -0.387 e. The van der Waals surface area contributed by atoms with Gasteiger partial charge in [-0.25, -0.2) is 4.57 Å². The van der Waals surface area contributed by atoms with E-state index in [1.807, 2.05) is 0 Å². The van der Waals surface area contributed by atoms with Crippen LogP contribution >= 0.6 is 7.82 Å². The highest BCUT2D eigenvalue weighted by atomic mass is 31.2. The molecular weight excluding hydrogens is 249 g/mol. The second-order valence-electron chi connectivity index (χ2n) is 3.27. The van der Waals surface area contributed by atoms with Gasteiger partial charge in [0.25, 0.3) is 0 Å². The Morgan fingerprint density at radius 2 is 2.18 bits per heavy atom. The van der Waals surface area contributed by atoms with E-state index in [1.54, 1.807) is 13.0 Å². The van der Waals surface area contributed by atoms with E-state index in [0.717, 1.165) is 7.11 Å². The van der Waals surface area contributed by atoms with Crippen LogP contribution in [0.2, 0.25) is 0 Å². The fourth-order valence-corrected chi connectivity index (χ4v) is 1.50. The van der Waals surface area contributed by atoms with Crippen LogP contribution in [0.1, 0.15) is 13.8 Å². The number of aliphatic hydroxyl groups is 1. The van der Waals surface area contributed by atoms with Crippen LogP contribution in [0.5, 0.6) is 0 Å². The summed E-state index contributed by atoms with van der Waals surface area (Å²) in [5.41, 5.74) is 0. The van der Waals surface area contributed by atoms with Crippen molar-refractivity contribution in [2.24, 2.45) is 0 Å². The van der Waals surface area contributed by atoms with Crippen molar-refractivity contribution in [3.63, 3.8) is 0 Å². The molecule has 3 N–H and O–H groups in total. The van der Waals surface area contributed by atoms with Crippen molar-refractivity contribution in [2.75, 3.05) is 13.7 Å². The van der Waals surface area contributed by atoms with Gasteiger partial charge in [-0.2, -0.15) is 0 Å². The van der Waals surface area contributed by atoms with E-state index in [1.165, 1.54) is 13.0 Å². The Bertz CT molecular complexity index is 319. The topological polar surface area (TPSA) is 105 Å². The minimum absolute atomic E-state index is 0.341. The number of hydrogen-bond acceptors (Lipinski definition) is 5. The zero-order valence-corrected chi connectivity index (χ0v) is 10.9. The molecule has 0 radical (unpaired) electrons. The van der Waals surface area contributed by atoms with Gasteiger partial charge in [0.1, 0.15) is 0 Å². The van der Waals surface area contributed by atoms with Crippen molar-refractivity contribution in [1.82, 2.24) is 5.32 Å². The second kappa shape index (κ2) is 7.58. The molecule has 100 valence electrons. The molecule has 0 aromatic rings. The highest BCUT2D eigenvalue weighted by Crippen LogP contribution is 2.41. The third-order valence-corrected chi connectivity index (χ3v) is 2.78. The first-order chi connectivity index (χ1) is 7.82. The summed E-state index contributed by atoms with van der Waals surface area (Å²) in [5.74, 6) is -0.382. The van der Waals surface area contributed by atoms with Gasteiger partial charge in [0.05, 0.1) is 18.8 Å². The summed E-state index contributed by atoms with van der Waals surface area (Å²) in [6.45, 7) is 2.62. The van der Waals surface area contributed by atoms with Crippen molar-refractivity contribution >= 4 is 13.7 Å². The summed E-state index contributed by atoms with van der Waals surface area (Å²) in [6, 6.07) is -0.820. The molecule has 0 bridgehead atoms. The SMILES string of the molecule is C/C=C/C(O)C(COP(=O)(O)OC)NC(C)=O. The number of carbonyl (C=O) groups excluding carboxylic acids is 1. The van der Waals surface area contributed by atoms with Crippen LogP contribution < -0.4 is 5.32 Å². The number of phosphoric acid groups is 1. The predicted octanol–water partition coefficient (Wildman–Crippen LogP) is 0.191. The zero-order chi connectivity index (χ0) is 13.5. The summed E-state index contributed by atoms with van der Waals surface area (Å²) in [6.07, 6.45) is 2.01. The number of carbonyl (C=O) groups is 1. The maximum atomic E-state index is 11.1. The smallest absolute Gasteiger partial charge is 0.387 e. The van der Waals surface area contributed by atoms with Crippen LogP contribution in [0.4, 0.5) is 0 Å². The Labute approximate surface area is 100 Å². The Balaban J connectivity index is 4.49. The van der Waals surface area contributed by atoms with E-state index < -0.39 is 20.0 Å². The van der Waals surface area contributed by atoms with Gasteiger partial charge in [0, 0.05) is 14.0 Å². The monoisotopic (exact) mass is 267 g/mol. The Morgan fingerprint density at radius 1 is 1.59 bits per heavy atom. The third kappa shape index (κ3) is 7.25. The van der Waals surface area contributed by atoms with Crippen molar-refractivity contribution in [3.05, 3.63) is 12.2 Å². The molecule has 0 fully saturated rings. The maximum Gasteiger partial charge on any atom is 0.471 e. The molecule has 3 atom stereocenters. The van der Waals surface area contributed by atoms with Crippen molar-refractivity contribution in [1.29, 1.82) is 0 Å². The molecule has 0 rings (SSSR count). The molecule has 0 aliphatic rings. The van der Waals surface area contributed by atoms with Gasteiger partial charge in [-0.3, -0.25) is 13.8 Å². The highest BCUT2D eigenvalue weighted by molar-refractivity contribution is 7.47. The van der Waals surface area contributed by atoms with Gasteiger partial charge in [0.2, 0.25) is 5.91 Å². The number of amides is 1. The van der Waals surface area contributed by atoms with Crippen LogP contribution in [0.3, 0.4) is 0 Å². The molecule has 1 amide bonds. The molecule has 7 nitrogen and oxygen atoms in total. The Kier molecular flexibility index (Phi) is 7.26. The second-order valence-corrected chi connectivity index (χ2v) is 4.83. The number of allylic oxidation sites excluding steroid dienone is 1. The fraction of sp³-hybridized carbons (Fsp3) is 0.667. The largest absolute Gasteiger partial charge is 0.471 e. The van der Waals surface area contributed by atoms with Crippen LogP contribution in [-0.4, -0.2) is 41.8 Å². The molecule has 0 aromatic carbocycles. The average molecular weight is 267 g/mol. The fourth-order valence-electron chi connectivity index (χ4n) is 1.05. The summed E-state index contributed by atoms with van der Waals surface area (Å²) in [5, 5.41) is 12.0. The van der Waals surface area contributed by atoms with Crippen molar-refractivity contribution in [3.8, 4) is 0 Å². The van der Waals surface area contributed by atoms with E-state index in [0.29, 0.717) is 0 Å². The molecule has 0 saturated heterocycles. The molecule has 0 aliphatic heterocycles. The van der Waals surface area contributed by atoms with Gasteiger partial charge in [-0.05, 0) is 6.92 Å². The number of aliphatic hydroxyl groups excluding tert-OH is 1. The number of hydrogen-bond donors (Lipinski definition) is 3. The lowest BCUT2D eigenvalue weighted by Crippen LogP contribution is -2.44. The van der Waals surface area contributed by atoms with Crippen molar-refractivity contribution in [2.45, 2.75) is 26.0 Å². The standard InChI is InChI=1S/C9H18NO6P/c1-4-5-9(12)8(10-7(2)11)6-16-17(13,14)15-3/h4-5,8-9,12H,6H2,1-3H3,(H,10,11)(H,13,14)/b5-4+. The molecule has 0 saturated carbocycles. The van der Waals surface area contributed by atoms with Gasteiger partial charge in [-0.15, -0.1) is 0 Å². The molecule has 0 heterocycles. The molecule has 8 heteroatoms. The first kappa shape index (κ1) is 16.3. The Morgan fingerprint density at radius 3 is 2.59 bits per heavy atom. The van der Waals surface area contributed by atoms with E-state index in [2.05, 4.69) is 14.4 Å². The quantitative estimate of drug-likeness (QED) is 0.449. The lowest BCUT2D eigenvalue weighted by molar-refractivity contribution is -0.120. The summed E-state index contributed by atoms with van der Waals surface area (Å²) >= 11 is 0. The normalized spacial score (nSPS) is 18.6. The van der Waals surface area contributed by atoms with Gasteiger partial charge >= 0.3 is 7.82 Å². The third-order valence-electron chi connectivity index (χ3n) is 1.84. The zero-order valence-electron chi connectivity index (χ0n) is 9.99. The maximum absolute atomic E-state index is 11.1. The number of phosphoric ester groups is 1. The van der Waals surface area contributed by atoms with Crippen LogP contribution in [-0.2, 0) is 18.4 Å². The lowest BCUT2D eigenvalue weighted by atomic mass is 10.1. The molecule has 0 spiro atoms. The van der Waals surface area contributed by atoms with E-state index in [4.69, 9.17) is 4.89 Å². The summed E-state index contributed by atoms with van der Waals surface area (Å²) in [4.78, 5) is 19.9. The average Bonchev–Trinajstić information content (AvgIpc) is 2.24. The molecule has 17 heavy (non-hydrogen) atoms. The molecule has 3 unspecified atom stereocenters. The van der Waals surface area contributed by atoms with Crippen LogP contribution in [0.25, 0.3) is 0 Å². The minimum atomic E-state index is -4.12. The van der Waals surface area contributed by atoms with Gasteiger partial charge < -0.3 is 15.3 Å². The molecule has 0 aromatic heterocycles. The molecular formula is C9H18NO6P. The summed E-state index contributed by atoms with van der Waals surface area (Å²) in [7, 11) is -3.09. The lowest BCUT2D eigenvalue weighted by Gasteiger charge is -2.22. The number of nitrogens with one attached hydrogen (secondary N) is 1. The molecule has 0 aliphatic carbocycles. The summed E-state index contributed by atoms with van der Waals surface area (Å²) < 4.78 is 19.9. The Hall–Kier alpha value is -0.720. The van der Waals surface area contributed by atoms with Gasteiger partial charge in [0.15, 0.2) is 0 Å². The number of rotatable bonds is 7. The first-order valence-corrected chi connectivity index (χ1v) is 6.43. The van der Waals surface area contributed by atoms with Gasteiger partial charge in [-0.1, -0.05) is 12.2 Å². The van der Waals surface area contributed by atoms with E-state index in [9.17, 15) is 14.5 Å². The van der Waals surface area contributed by atoms with Crippen LogP contribution in [0, 0.1) is 0 Å². The van der Waals surface area contributed by atoms with Crippen molar-refractivity contribution < 1.29 is 28.4 Å². The first-order valence-electron chi connectivity index (χ1n) is 4.93. The van der Waals surface area contributed by atoms with Crippen LogP contribution in [0.15, 0.2) is 12.2 Å².